The van der Waals surface area contributed by atoms with Crippen molar-refractivity contribution in [2.45, 2.75) is 19.8 Å². The number of benzene rings is 1. The zero-order valence-corrected chi connectivity index (χ0v) is 10.2. The fourth-order valence-electron chi connectivity index (χ4n) is 1.51. The molecular weight excluding hydrogens is 220 g/mol. The number of carboxylic acid groups (broad SMARTS) is 1. The predicted octanol–water partition coefficient (Wildman–Crippen LogP) is 2.57. The fraction of sp³-hybridized carbons (Fsp3) is 0.462. The number of hydrogen-bond acceptors (Lipinski definition) is 3. The normalized spacial score (nSPS) is 11.9. The summed E-state index contributed by atoms with van der Waals surface area (Å²) >= 11 is 0. The summed E-state index contributed by atoms with van der Waals surface area (Å²) in [4.78, 5) is 10.9. The van der Waals surface area contributed by atoms with E-state index >= 15 is 0 Å². The van der Waals surface area contributed by atoms with E-state index in [1.807, 2.05) is 19.1 Å². The van der Waals surface area contributed by atoms with Gasteiger partial charge in [-0.25, -0.2) is 0 Å². The van der Waals surface area contributed by atoms with Crippen LogP contribution in [0.5, 0.6) is 11.5 Å². The summed E-state index contributed by atoms with van der Waals surface area (Å²) in [5.74, 6) is 0.0671. The number of methoxy groups -OCH3 is 1. The quantitative estimate of drug-likeness (QED) is 0.793. The predicted molar refractivity (Wildman–Crippen MR) is 64.5 cm³/mol. The number of rotatable bonds is 7. The van der Waals surface area contributed by atoms with Crippen LogP contribution in [0.4, 0.5) is 0 Å². The van der Waals surface area contributed by atoms with Crippen molar-refractivity contribution >= 4 is 5.97 Å². The maximum atomic E-state index is 10.9. The van der Waals surface area contributed by atoms with Gasteiger partial charge in [0.05, 0.1) is 13.0 Å². The van der Waals surface area contributed by atoms with E-state index in [1.165, 1.54) is 0 Å². The summed E-state index contributed by atoms with van der Waals surface area (Å²) in [6, 6.07) is 7.15. The molecule has 0 bridgehead atoms. The van der Waals surface area contributed by atoms with Crippen LogP contribution in [0.15, 0.2) is 24.3 Å². The van der Waals surface area contributed by atoms with E-state index in [0.29, 0.717) is 17.9 Å². The first kappa shape index (κ1) is 13.4. The first-order chi connectivity index (χ1) is 8.17. The van der Waals surface area contributed by atoms with E-state index in [-0.39, 0.29) is 6.61 Å². The monoisotopic (exact) mass is 238 g/mol. The molecule has 0 aromatic heterocycles. The van der Waals surface area contributed by atoms with Gasteiger partial charge in [-0.3, -0.25) is 4.79 Å². The SMILES string of the molecule is CCCC(COc1cccc(OC)c1)C(=O)O. The molecule has 1 atom stereocenters. The van der Waals surface area contributed by atoms with Gasteiger partial charge in [0.25, 0.3) is 0 Å². The van der Waals surface area contributed by atoms with Gasteiger partial charge in [-0.15, -0.1) is 0 Å². The van der Waals surface area contributed by atoms with Crippen LogP contribution in [0, 0.1) is 5.92 Å². The Labute approximate surface area is 101 Å². The molecule has 1 aromatic rings. The Balaban J connectivity index is 2.55. The second kappa shape index (κ2) is 6.78. The van der Waals surface area contributed by atoms with Crippen molar-refractivity contribution in [2.75, 3.05) is 13.7 Å². The molecule has 4 heteroatoms. The third-order valence-corrected chi connectivity index (χ3v) is 2.48. The Bertz CT molecular complexity index is 362. The van der Waals surface area contributed by atoms with Gasteiger partial charge < -0.3 is 14.6 Å². The largest absolute Gasteiger partial charge is 0.497 e. The number of carbonyl (C=O) groups is 1. The molecule has 1 aromatic carbocycles. The van der Waals surface area contributed by atoms with Crippen molar-refractivity contribution in [3.8, 4) is 11.5 Å². The molecule has 94 valence electrons. The molecule has 1 rings (SSSR count). The van der Waals surface area contributed by atoms with Crippen LogP contribution < -0.4 is 9.47 Å². The number of hydrogen-bond donors (Lipinski definition) is 1. The summed E-state index contributed by atoms with van der Waals surface area (Å²) in [6.07, 6.45) is 1.46. The van der Waals surface area contributed by atoms with E-state index in [1.54, 1.807) is 19.2 Å². The van der Waals surface area contributed by atoms with E-state index in [2.05, 4.69) is 0 Å². The summed E-state index contributed by atoms with van der Waals surface area (Å²) in [5, 5.41) is 8.98. The lowest BCUT2D eigenvalue weighted by atomic mass is 10.1. The van der Waals surface area contributed by atoms with Gasteiger partial charge in [0, 0.05) is 6.07 Å². The van der Waals surface area contributed by atoms with Crippen LogP contribution in [0.1, 0.15) is 19.8 Å². The van der Waals surface area contributed by atoms with Gasteiger partial charge in [0.2, 0.25) is 0 Å². The summed E-state index contributed by atoms with van der Waals surface area (Å²) in [5.41, 5.74) is 0. The number of aliphatic carboxylic acids is 1. The Morgan fingerprint density at radius 3 is 2.71 bits per heavy atom. The molecule has 0 amide bonds. The lowest BCUT2D eigenvalue weighted by Gasteiger charge is -2.13. The minimum absolute atomic E-state index is 0.191. The highest BCUT2D eigenvalue weighted by atomic mass is 16.5. The second-order valence-corrected chi connectivity index (χ2v) is 3.81. The summed E-state index contributed by atoms with van der Waals surface area (Å²) < 4.78 is 10.5. The van der Waals surface area contributed by atoms with Crippen molar-refractivity contribution in [1.29, 1.82) is 0 Å². The molecule has 0 aliphatic rings. The molecule has 0 radical (unpaired) electrons. The molecular formula is C13H18O4. The average molecular weight is 238 g/mol. The Kier molecular flexibility index (Phi) is 5.33. The molecule has 0 saturated heterocycles. The van der Waals surface area contributed by atoms with Crippen LogP contribution in [0.3, 0.4) is 0 Å². The lowest BCUT2D eigenvalue weighted by Crippen LogP contribution is -2.21. The molecule has 4 nitrogen and oxygen atoms in total. The minimum atomic E-state index is -0.810. The van der Waals surface area contributed by atoms with Gasteiger partial charge in [-0.1, -0.05) is 19.4 Å². The molecule has 1 unspecified atom stereocenters. The Hall–Kier alpha value is -1.71. The molecule has 1 N–H and O–H groups in total. The third-order valence-electron chi connectivity index (χ3n) is 2.48. The lowest BCUT2D eigenvalue weighted by molar-refractivity contribution is -0.143. The van der Waals surface area contributed by atoms with E-state index in [0.717, 1.165) is 6.42 Å². The molecule has 0 heterocycles. The van der Waals surface area contributed by atoms with Crippen LogP contribution in [-0.2, 0) is 4.79 Å². The van der Waals surface area contributed by atoms with Gasteiger partial charge >= 0.3 is 5.97 Å². The molecule has 0 spiro atoms. The van der Waals surface area contributed by atoms with Gasteiger partial charge in [-0.2, -0.15) is 0 Å². The fourth-order valence-corrected chi connectivity index (χ4v) is 1.51. The van der Waals surface area contributed by atoms with Crippen molar-refractivity contribution < 1.29 is 19.4 Å². The third kappa shape index (κ3) is 4.34. The van der Waals surface area contributed by atoms with Crippen molar-refractivity contribution in [3.63, 3.8) is 0 Å². The number of carboxylic acids is 1. The van der Waals surface area contributed by atoms with Gasteiger partial charge in [-0.05, 0) is 18.6 Å². The standard InChI is InChI=1S/C13H18O4/c1-3-5-10(13(14)15)9-17-12-7-4-6-11(8-12)16-2/h4,6-8,10H,3,5,9H2,1-2H3,(H,14,15). The van der Waals surface area contributed by atoms with Crippen LogP contribution in [0.2, 0.25) is 0 Å². The first-order valence-electron chi connectivity index (χ1n) is 5.67. The Morgan fingerprint density at radius 1 is 1.41 bits per heavy atom. The summed E-state index contributed by atoms with van der Waals surface area (Å²) in [7, 11) is 1.58. The molecule has 0 fully saturated rings. The topological polar surface area (TPSA) is 55.8 Å². The second-order valence-electron chi connectivity index (χ2n) is 3.81. The van der Waals surface area contributed by atoms with Crippen LogP contribution in [0.25, 0.3) is 0 Å². The zero-order valence-electron chi connectivity index (χ0n) is 10.2. The van der Waals surface area contributed by atoms with Gasteiger partial charge in [0.1, 0.15) is 18.1 Å². The van der Waals surface area contributed by atoms with Crippen molar-refractivity contribution in [3.05, 3.63) is 24.3 Å². The Morgan fingerprint density at radius 2 is 2.12 bits per heavy atom. The van der Waals surface area contributed by atoms with Crippen LogP contribution >= 0.6 is 0 Å². The maximum absolute atomic E-state index is 10.9. The van der Waals surface area contributed by atoms with Crippen molar-refractivity contribution in [2.24, 2.45) is 5.92 Å². The van der Waals surface area contributed by atoms with E-state index in [9.17, 15) is 4.79 Å². The maximum Gasteiger partial charge on any atom is 0.309 e. The molecule has 17 heavy (non-hydrogen) atoms. The smallest absolute Gasteiger partial charge is 0.309 e. The highest BCUT2D eigenvalue weighted by molar-refractivity contribution is 5.70. The first-order valence-corrected chi connectivity index (χ1v) is 5.67. The average Bonchev–Trinajstić information content (AvgIpc) is 2.34. The summed E-state index contributed by atoms with van der Waals surface area (Å²) in [6.45, 7) is 2.15. The highest BCUT2D eigenvalue weighted by Gasteiger charge is 2.17. The highest BCUT2D eigenvalue weighted by Crippen LogP contribution is 2.20. The van der Waals surface area contributed by atoms with Crippen molar-refractivity contribution in [1.82, 2.24) is 0 Å². The van der Waals surface area contributed by atoms with Crippen LogP contribution in [-0.4, -0.2) is 24.8 Å². The number of ether oxygens (including phenoxy) is 2. The van der Waals surface area contributed by atoms with E-state index in [4.69, 9.17) is 14.6 Å². The molecule has 0 saturated carbocycles. The zero-order chi connectivity index (χ0) is 12.7. The molecule has 0 aliphatic heterocycles. The van der Waals surface area contributed by atoms with Gasteiger partial charge in [0.15, 0.2) is 0 Å². The molecule has 0 aliphatic carbocycles. The minimum Gasteiger partial charge on any atom is -0.497 e. The van der Waals surface area contributed by atoms with E-state index < -0.39 is 11.9 Å².